The van der Waals surface area contributed by atoms with Gasteiger partial charge in [0, 0.05) is 32.4 Å². The Morgan fingerprint density at radius 1 is 1.22 bits per heavy atom. The number of carbonyl (C=O) groups excluding carboxylic acids is 2. The lowest BCUT2D eigenvalue weighted by molar-refractivity contribution is -0.158. The van der Waals surface area contributed by atoms with Crippen molar-refractivity contribution in [1.82, 2.24) is 10.2 Å². The molecule has 0 aromatic carbocycles. The fourth-order valence-corrected chi connectivity index (χ4v) is 3.59. The number of rotatable bonds is 9. The molecule has 0 aromatic rings. The molecule has 27 heavy (non-hydrogen) atoms. The van der Waals surface area contributed by atoms with Gasteiger partial charge in [-0.25, -0.2) is 9.79 Å². The monoisotopic (exact) mass is 385 g/mol. The van der Waals surface area contributed by atoms with E-state index in [0.29, 0.717) is 13.1 Å². The van der Waals surface area contributed by atoms with Crippen LogP contribution in [0.1, 0.15) is 46.5 Å². The van der Waals surface area contributed by atoms with Crippen LogP contribution in [0.5, 0.6) is 0 Å². The van der Waals surface area contributed by atoms with Gasteiger partial charge in [-0.2, -0.15) is 0 Å². The van der Waals surface area contributed by atoms with E-state index < -0.39 is 35.5 Å². The molecule has 1 saturated carbocycles. The fourth-order valence-electron chi connectivity index (χ4n) is 3.59. The van der Waals surface area contributed by atoms with Crippen LogP contribution >= 0.6 is 0 Å². The van der Waals surface area contributed by atoms with Crippen LogP contribution in [-0.4, -0.2) is 69.6 Å². The summed E-state index contributed by atoms with van der Waals surface area (Å²) in [6, 6.07) is -1.83. The summed E-state index contributed by atoms with van der Waals surface area (Å²) in [6.07, 6.45) is 0.988. The molecule has 4 atom stereocenters. The number of aliphatic carboxylic acids is 1. The summed E-state index contributed by atoms with van der Waals surface area (Å²) in [7, 11) is 0. The average Bonchev–Trinajstić information content (AvgIpc) is 2.88. The highest BCUT2D eigenvalue weighted by Gasteiger charge is 2.53. The summed E-state index contributed by atoms with van der Waals surface area (Å²) >= 11 is 0. The molecule has 10 heteroatoms. The Hall–Kier alpha value is -2.36. The number of hydrogen-bond acceptors (Lipinski definition) is 5. The first-order chi connectivity index (χ1) is 12.6. The summed E-state index contributed by atoms with van der Waals surface area (Å²) in [5, 5.41) is 22.4. The molecule has 0 saturated heterocycles. The van der Waals surface area contributed by atoms with Gasteiger partial charge in [0.1, 0.15) is 6.04 Å². The van der Waals surface area contributed by atoms with Gasteiger partial charge < -0.3 is 31.9 Å². The van der Waals surface area contributed by atoms with Crippen molar-refractivity contribution in [3.05, 3.63) is 0 Å². The summed E-state index contributed by atoms with van der Waals surface area (Å²) < 4.78 is 0. The van der Waals surface area contributed by atoms with Crippen molar-refractivity contribution < 1.29 is 24.6 Å². The van der Waals surface area contributed by atoms with Crippen LogP contribution in [0.25, 0.3) is 0 Å². The predicted molar refractivity (Wildman–Crippen MR) is 99.7 cm³/mol. The number of aliphatic hydroxyl groups is 1. The molecule has 1 rings (SSSR count). The number of amides is 2. The van der Waals surface area contributed by atoms with E-state index >= 15 is 0 Å². The Labute approximate surface area is 159 Å². The first kappa shape index (κ1) is 22.7. The highest BCUT2D eigenvalue weighted by atomic mass is 16.4. The summed E-state index contributed by atoms with van der Waals surface area (Å²) in [5.41, 5.74) is 8.83. The molecule has 2 amide bonds. The van der Waals surface area contributed by atoms with Crippen molar-refractivity contribution >= 4 is 23.7 Å². The average molecular weight is 385 g/mol. The number of nitrogens with one attached hydrogen (secondary N) is 1. The Balaban J connectivity index is 3.28. The van der Waals surface area contributed by atoms with E-state index in [4.69, 9.17) is 11.5 Å². The number of carboxylic acid groups (broad SMARTS) is 1. The summed E-state index contributed by atoms with van der Waals surface area (Å²) in [6.45, 7) is 6.16. The number of hydrogen-bond donors (Lipinski definition) is 5. The fraction of sp³-hybridized carbons (Fsp3) is 0.765. The zero-order chi connectivity index (χ0) is 20.8. The third-order valence-corrected chi connectivity index (χ3v) is 4.68. The van der Waals surface area contributed by atoms with Crippen LogP contribution in [0, 0.1) is 5.92 Å². The van der Waals surface area contributed by atoms with Gasteiger partial charge in [-0.15, -0.1) is 0 Å². The van der Waals surface area contributed by atoms with Crippen molar-refractivity contribution in [2.24, 2.45) is 22.4 Å². The van der Waals surface area contributed by atoms with Gasteiger partial charge in [0.25, 0.3) is 0 Å². The van der Waals surface area contributed by atoms with Crippen LogP contribution in [0.15, 0.2) is 4.99 Å². The molecule has 10 nitrogen and oxygen atoms in total. The largest absolute Gasteiger partial charge is 0.479 e. The standard InChI is InChI=1S/C17H31N5O5/c1-4-6-22(7-5-2)14(24)13(20-10(3)23)11-8-17(27,15(25)26)9-12(11)21-16(18)19/h11-13,27H,4-9H2,1-3H3,(H,20,23)(H,25,26)(H4,18,19,21)/t11-,12-,13-,17-/m0/s1. The number of guanidine groups is 1. The lowest BCUT2D eigenvalue weighted by Gasteiger charge is -2.32. The predicted octanol–water partition coefficient (Wildman–Crippen LogP) is -0.993. The number of nitrogens with two attached hydrogens (primary N) is 2. The molecule has 1 fully saturated rings. The van der Waals surface area contributed by atoms with E-state index in [1.807, 2.05) is 13.8 Å². The number of carboxylic acids is 1. The second-order valence-corrected chi connectivity index (χ2v) is 7.03. The Kier molecular flexibility index (Phi) is 8.01. The molecule has 0 spiro atoms. The molecular weight excluding hydrogens is 354 g/mol. The lowest BCUT2D eigenvalue weighted by atomic mass is 9.91. The van der Waals surface area contributed by atoms with Crippen LogP contribution in [-0.2, 0) is 14.4 Å². The zero-order valence-corrected chi connectivity index (χ0v) is 16.1. The minimum absolute atomic E-state index is 0.240. The Morgan fingerprint density at radius 2 is 1.78 bits per heavy atom. The molecule has 0 unspecified atom stereocenters. The van der Waals surface area contributed by atoms with Gasteiger partial charge >= 0.3 is 5.97 Å². The third kappa shape index (κ3) is 5.81. The maximum absolute atomic E-state index is 13.1. The van der Waals surface area contributed by atoms with Gasteiger partial charge in [0.05, 0.1) is 6.04 Å². The van der Waals surface area contributed by atoms with E-state index in [1.54, 1.807) is 4.90 Å². The van der Waals surface area contributed by atoms with Gasteiger partial charge in [0.2, 0.25) is 11.8 Å². The van der Waals surface area contributed by atoms with E-state index in [9.17, 15) is 24.6 Å². The van der Waals surface area contributed by atoms with E-state index in [1.165, 1.54) is 6.92 Å². The van der Waals surface area contributed by atoms with Crippen molar-refractivity contribution in [3.63, 3.8) is 0 Å². The van der Waals surface area contributed by atoms with Gasteiger partial charge in [-0.1, -0.05) is 13.8 Å². The van der Waals surface area contributed by atoms with Crippen LogP contribution in [0.3, 0.4) is 0 Å². The van der Waals surface area contributed by atoms with Gasteiger partial charge in [-0.05, 0) is 19.3 Å². The minimum atomic E-state index is -2.06. The Bertz CT molecular complexity index is 586. The van der Waals surface area contributed by atoms with Crippen molar-refractivity contribution in [1.29, 1.82) is 0 Å². The molecule has 7 N–H and O–H groups in total. The number of nitrogens with zero attached hydrogens (tertiary/aromatic N) is 2. The molecule has 0 heterocycles. The third-order valence-electron chi connectivity index (χ3n) is 4.68. The Morgan fingerprint density at radius 3 is 2.19 bits per heavy atom. The van der Waals surface area contributed by atoms with E-state index in [0.717, 1.165) is 12.8 Å². The van der Waals surface area contributed by atoms with Crippen molar-refractivity contribution in [2.45, 2.75) is 64.1 Å². The SMILES string of the molecule is CCCN(CCC)C(=O)[C@@H](NC(C)=O)[C@H]1C[C@@](O)(C(=O)O)C[C@@H]1N=C(N)N. The maximum atomic E-state index is 13.1. The molecule has 0 aromatic heterocycles. The zero-order valence-electron chi connectivity index (χ0n) is 16.1. The number of carbonyl (C=O) groups is 3. The summed E-state index contributed by atoms with van der Waals surface area (Å²) in [4.78, 5) is 42.0. The van der Waals surface area contributed by atoms with Gasteiger partial charge in [-0.3, -0.25) is 9.59 Å². The molecule has 1 aliphatic carbocycles. The quantitative estimate of drug-likeness (QED) is 0.250. The molecule has 0 radical (unpaired) electrons. The molecule has 154 valence electrons. The molecule has 1 aliphatic rings. The number of aliphatic imine (C=N–C) groups is 1. The second-order valence-electron chi connectivity index (χ2n) is 7.03. The minimum Gasteiger partial charge on any atom is -0.479 e. The molecule has 0 aliphatic heterocycles. The van der Waals surface area contributed by atoms with Crippen molar-refractivity contribution in [2.75, 3.05) is 13.1 Å². The van der Waals surface area contributed by atoms with Crippen LogP contribution < -0.4 is 16.8 Å². The first-order valence-corrected chi connectivity index (χ1v) is 9.16. The first-order valence-electron chi connectivity index (χ1n) is 9.16. The van der Waals surface area contributed by atoms with E-state index in [2.05, 4.69) is 10.3 Å². The normalized spacial score (nSPS) is 25.5. The highest BCUT2D eigenvalue weighted by molar-refractivity contribution is 5.88. The lowest BCUT2D eigenvalue weighted by Crippen LogP contribution is -2.54. The van der Waals surface area contributed by atoms with E-state index in [-0.39, 0.29) is 24.7 Å². The topological polar surface area (TPSA) is 171 Å². The van der Waals surface area contributed by atoms with Crippen LogP contribution in [0.2, 0.25) is 0 Å². The molecular formula is C17H31N5O5. The van der Waals surface area contributed by atoms with Crippen molar-refractivity contribution in [3.8, 4) is 0 Å². The smallest absolute Gasteiger partial charge is 0.335 e. The van der Waals surface area contributed by atoms with Gasteiger partial charge in [0.15, 0.2) is 11.6 Å². The summed E-state index contributed by atoms with van der Waals surface area (Å²) in [5.74, 6) is -3.19. The second kappa shape index (κ2) is 9.54. The highest BCUT2D eigenvalue weighted by Crippen LogP contribution is 2.39. The molecule has 0 bridgehead atoms. The van der Waals surface area contributed by atoms with Crippen LogP contribution in [0.4, 0.5) is 0 Å². The maximum Gasteiger partial charge on any atom is 0.335 e.